The molecule has 4 heteroatoms. The quantitative estimate of drug-likeness (QED) is 0.863. The number of hydrogen-bond acceptors (Lipinski definition) is 3. The van der Waals surface area contributed by atoms with E-state index >= 15 is 0 Å². The van der Waals surface area contributed by atoms with Crippen molar-refractivity contribution in [2.75, 3.05) is 13.7 Å². The lowest BCUT2D eigenvalue weighted by Gasteiger charge is -2.17. The average Bonchev–Trinajstić information content (AvgIpc) is 2.88. The van der Waals surface area contributed by atoms with Gasteiger partial charge in [-0.05, 0) is 36.7 Å². The van der Waals surface area contributed by atoms with Crippen LogP contribution >= 0.6 is 11.3 Å². The zero-order chi connectivity index (χ0) is 13.7. The largest absolute Gasteiger partial charge is 0.496 e. The molecule has 0 saturated carbocycles. The van der Waals surface area contributed by atoms with Crippen molar-refractivity contribution < 1.29 is 9.13 Å². The van der Waals surface area contributed by atoms with Crippen molar-refractivity contribution in [1.29, 1.82) is 0 Å². The highest BCUT2D eigenvalue weighted by Crippen LogP contribution is 2.31. The van der Waals surface area contributed by atoms with Crippen LogP contribution in [0, 0.1) is 5.82 Å². The summed E-state index contributed by atoms with van der Waals surface area (Å²) in [6, 6.07) is 8.76. The highest BCUT2D eigenvalue weighted by atomic mass is 32.1. The molecule has 0 radical (unpaired) electrons. The summed E-state index contributed by atoms with van der Waals surface area (Å²) in [5.74, 6) is 0.643. The molecule has 0 fully saturated rings. The predicted octanol–water partition coefficient (Wildman–Crippen LogP) is 3.98. The van der Waals surface area contributed by atoms with Gasteiger partial charge in [0, 0.05) is 10.3 Å². The van der Waals surface area contributed by atoms with Crippen molar-refractivity contribution in [3.63, 3.8) is 0 Å². The second-order valence-electron chi connectivity index (χ2n) is 4.33. The van der Waals surface area contributed by atoms with Crippen LogP contribution in [0.25, 0.3) is 0 Å². The first-order chi connectivity index (χ1) is 9.24. The minimum absolute atomic E-state index is 0.0181. The molecule has 2 nitrogen and oxygen atoms in total. The molecule has 1 unspecified atom stereocenters. The van der Waals surface area contributed by atoms with E-state index in [0.717, 1.165) is 29.2 Å². The van der Waals surface area contributed by atoms with E-state index in [1.165, 1.54) is 6.07 Å². The Balaban J connectivity index is 2.29. The molecule has 0 spiro atoms. The van der Waals surface area contributed by atoms with Gasteiger partial charge in [0.1, 0.15) is 11.6 Å². The molecule has 0 saturated heterocycles. The number of nitrogens with one attached hydrogen (secondary N) is 1. The summed E-state index contributed by atoms with van der Waals surface area (Å²) >= 11 is 1.62. The van der Waals surface area contributed by atoms with E-state index in [1.54, 1.807) is 30.6 Å². The van der Waals surface area contributed by atoms with Crippen molar-refractivity contribution >= 4 is 11.3 Å². The summed E-state index contributed by atoms with van der Waals surface area (Å²) in [6.45, 7) is 3.01. The van der Waals surface area contributed by atoms with Gasteiger partial charge >= 0.3 is 0 Å². The fourth-order valence-electron chi connectivity index (χ4n) is 1.95. The number of halogens is 1. The van der Waals surface area contributed by atoms with Gasteiger partial charge in [-0.25, -0.2) is 4.39 Å². The van der Waals surface area contributed by atoms with Crippen LogP contribution in [0.1, 0.15) is 29.8 Å². The predicted molar refractivity (Wildman–Crippen MR) is 77.4 cm³/mol. The maximum Gasteiger partial charge on any atom is 0.129 e. The van der Waals surface area contributed by atoms with Gasteiger partial charge in [-0.2, -0.15) is 0 Å². The lowest BCUT2D eigenvalue weighted by atomic mass is 10.0. The molecule has 0 aliphatic carbocycles. The minimum Gasteiger partial charge on any atom is -0.496 e. The lowest BCUT2D eigenvalue weighted by molar-refractivity contribution is 0.416. The highest BCUT2D eigenvalue weighted by molar-refractivity contribution is 7.10. The highest BCUT2D eigenvalue weighted by Gasteiger charge is 2.16. The Kier molecular flexibility index (Phi) is 4.93. The van der Waals surface area contributed by atoms with Crippen LogP contribution in [0.5, 0.6) is 5.75 Å². The third kappa shape index (κ3) is 3.55. The van der Waals surface area contributed by atoms with Crippen molar-refractivity contribution in [3.05, 3.63) is 52.0 Å². The molecule has 0 aliphatic rings. The standard InChI is InChI=1S/C15H18FNOS/c1-3-7-17-15(11-5-4-6-12(16)8-11)14-9-13(18-2)10-19-14/h4-6,8-10,15,17H,3,7H2,1-2H3. The Hall–Kier alpha value is -1.39. The van der Waals surface area contributed by atoms with Gasteiger partial charge in [0.2, 0.25) is 0 Å². The Morgan fingerprint density at radius 3 is 2.84 bits per heavy atom. The van der Waals surface area contributed by atoms with E-state index in [9.17, 15) is 4.39 Å². The van der Waals surface area contributed by atoms with E-state index in [1.807, 2.05) is 17.5 Å². The van der Waals surface area contributed by atoms with Crippen molar-refractivity contribution in [3.8, 4) is 5.75 Å². The molecule has 2 aromatic rings. The van der Waals surface area contributed by atoms with E-state index < -0.39 is 0 Å². The fraction of sp³-hybridized carbons (Fsp3) is 0.333. The van der Waals surface area contributed by atoms with Gasteiger partial charge in [0.15, 0.2) is 0 Å². The van der Waals surface area contributed by atoms with Gasteiger partial charge in [-0.1, -0.05) is 19.1 Å². The van der Waals surface area contributed by atoms with E-state index in [2.05, 4.69) is 12.2 Å². The van der Waals surface area contributed by atoms with Gasteiger partial charge in [-0.15, -0.1) is 11.3 Å². The van der Waals surface area contributed by atoms with Gasteiger partial charge in [0.25, 0.3) is 0 Å². The Bertz CT molecular complexity index is 526. The summed E-state index contributed by atoms with van der Waals surface area (Å²) < 4.78 is 18.6. The van der Waals surface area contributed by atoms with Crippen LogP contribution in [0.4, 0.5) is 4.39 Å². The molecule has 0 bridgehead atoms. The average molecular weight is 279 g/mol. The number of benzene rings is 1. The summed E-state index contributed by atoms with van der Waals surface area (Å²) in [6.07, 6.45) is 1.04. The van der Waals surface area contributed by atoms with Gasteiger partial charge < -0.3 is 10.1 Å². The zero-order valence-electron chi connectivity index (χ0n) is 11.2. The van der Waals surface area contributed by atoms with Crippen LogP contribution in [0.15, 0.2) is 35.7 Å². The fourth-order valence-corrected chi connectivity index (χ4v) is 2.91. The molecule has 0 amide bonds. The summed E-state index contributed by atoms with van der Waals surface area (Å²) in [7, 11) is 1.66. The first-order valence-corrected chi connectivity index (χ1v) is 7.23. The number of rotatable bonds is 6. The lowest BCUT2D eigenvalue weighted by Crippen LogP contribution is -2.22. The maximum absolute atomic E-state index is 13.4. The second kappa shape index (κ2) is 6.68. The van der Waals surface area contributed by atoms with Crippen LogP contribution in [0.2, 0.25) is 0 Å². The number of hydrogen-bond donors (Lipinski definition) is 1. The SMILES string of the molecule is CCCNC(c1cccc(F)c1)c1cc(OC)cs1. The summed E-state index contributed by atoms with van der Waals surface area (Å²) in [5.41, 5.74) is 0.943. The molecule has 19 heavy (non-hydrogen) atoms. The van der Waals surface area contributed by atoms with E-state index in [-0.39, 0.29) is 11.9 Å². The molecule has 1 aromatic carbocycles. The third-order valence-electron chi connectivity index (χ3n) is 2.90. The topological polar surface area (TPSA) is 21.3 Å². The normalized spacial score (nSPS) is 12.4. The van der Waals surface area contributed by atoms with Gasteiger partial charge in [0.05, 0.1) is 13.2 Å². The molecule has 2 rings (SSSR count). The smallest absolute Gasteiger partial charge is 0.129 e. The van der Waals surface area contributed by atoms with Gasteiger partial charge in [-0.3, -0.25) is 0 Å². The third-order valence-corrected chi connectivity index (χ3v) is 3.87. The minimum atomic E-state index is -0.204. The molecular formula is C15H18FNOS. The molecule has 1 atom stereocenters. The molecule has 1 aromatic heterocycles. The van der Waals surface area contributed by atoms with Crippen molar-refractivity contribution in [2.24, 2.45) is 0 Å². The molecule has 102 valence electrons. The van der Waals surface area contributed by atoms with Crippen molar-refractivity contribution in [2.45, 2.75) is 19.4 Å². The monoisotopic (exact) mass is 279 g/mol. The Labute approximate surface area is 117 Å². The van der Waals surface area contributed by atoms with Crippen molar-refractivity contribution in [1.82, 2.24) is 5.32 Å². The van der Waals surface area contributed by atoms with E-state index in [4.69, 9.17) is 4.74 Å². The van der Waals surface area contributed by atoms with Crippen LogP contribution in [-0.4, -0.2) is 13.7 Å². The first kappa shape index (κ1) is 14.0. The Morgan fingerprint density at radius 1 is 1.37 bits per heavy atom. The summed E-state index contributed by atoms with van der Waals surface area (Å²) in [5, 5.41) is 5.42. The second-order valence-corrected chi connectivity index (χ2v) is 5.27. The molecule has 1 N–H and O–H groups in total. The zero-order valence-corrected chi connectivity index (χ0v) is 12.0. The maximum atomic E-state index is 13.4. The molecular weight excluding hydrogens is 261 g/mol. The number of ether oxygens (including phenoxy) is 1. The van der Waals surface area contributed by atoms with E-state index in [0.29, 0.717) is 0 Å². The number of methoxy groups -OCH3 is 1. The van der Waals surface area contributed by atoms with Crippen LogP contribution < -0.4 is 10.1 Å². The number of thiophene rings is 1. The van der Waals surface area contributed by atoms with Crippen LogP contribution in [-0.2, 0) is 0 Å². The Morgan fingerprint density at radius 2 is 2.21 bits per heavy atom. The molecule has 1 heterocycles. The summed E-state index contributed by atoms with van der Waals surface area (Å²) in [4.78, 5) is 1.14. The first-order valence-electron chi connectivity index (χ1n) is 6.36. The van der Waals surface area contributed by atoms with Crippen LogP contribution in [0.3, 0.4) is 0 Å². The molecule has 0 aliphatic heterocycles.